The molecule has 6 heteroatoms. The summed E-state index contributed by atoms with van der Waals surface area (Å²) in [4.78, 5) is 16.7. The van der Waals surface area contributed by atoms with Crippen LogP contribution >= 0.6 is 0 Å². The minimum Gasteiger partial charge on any atom is -0.378 e. The van der Waals surface area contributed by atoms with Crippen molar-refractivity contribution in [3.05, 3.63) is 29.8 Å². The second kappa shape index (κ2) is 11.9. The van der Waals surface area contributed by atoms with Crippen LogP contribution in [0.3, 0.4) is 0 Å². The van der Waals surface area contributed by atoms with E-state index in [1.54, 1.807) is 0 Å². The summed E-state index contributed by atoms with van der Waals surface area (Å²) in [6.45, 7) is 12.6. The van der Waals surface area contributed by atoms with Crippen molar-refractivity contribution in [2.24, 2.45) is 0 Å². The highest BCUT2D eigenvalue weighted by atomic mass is 16.5. The molecule has 1 N–H and O–H groups in total. The lowest BCUT2D eigenvalue weighted by Crippen LogP contribution is -2.36. The van der Waals surface area contributed by atoms with E-state index in [1.165, 1.54) is 5.69 Å². The van der Waals surface area contributed by atoms with Crippen molar-refractivity contribution < 1.29 is 14.3 Å². The van der Waals surface area contributed by atoms with E-state index in [0.29, 0.717) is 26.2 Å². The van der Waals surface area contributed by atoms with E-state index in [4.69, 9.17) is 9.47 Å². The smallest absolute Gasteiger partial charge is 0.224 e. The standard InChI is InChI=1S/C20H33N3O3/c1-3-22(4-2)10-14-25-13-9-21-20(24)17-18-5-7-19(8-6-18)23-11-15-26-16-12-23/h5-8H,3-4,9-17H2,1-2H3,(H,21,24). The fraction of sp³-hybridized carbons (Fsp3) is 0.650. The molecule has 0 saturated carbocycles. The van der Waals surface area contributed by atoms with Gasteiger partial charge in [0.25, 0.3) is 0 Å². The SMILES string of the molecule is CCN(CC)CCOCCNC(=O)Cc1ccc(N2CCOCC2)cc1. The third kappa shape index (κ3) is 7.32. The van der Waals surface area contributed by atoms with E-state index >= 15 is 0 Å². The molecule has 0 atom stereocenters. The molecule has 1 saturated heterocycles. The average molecular weight is 364 g/mol. The molecule has 26 heavy (non-hydrogen) atoms. The topological polar surface area (TPSA) is 54.0 Å². The molecule has 0 unspecified atom stereocenters. The van der Waals surface area contributed by atoms with Gasteiger partial charge in [-0.2, -0.15) is 0 Å². The van der Waals surface area contributed by atoms with Crippen molar-refractivity contribution in [1.82, 2.24) is 10.2 Å². The van der Waals surface area contributed by atoms with Gasteiger partial charge in [0.1, 0.15) is 0 Å². The summed E-state index contributed by atoms with van der Waals surface area (Å²) >= 11 is 0. The van der Waals surface area contributed by atoms with Crippen LogP contribution in [0.1, 0.15) is 19.4 Å². The maximum absolute atomic E-state index is 12.0. The van der Waals surface area contributed by atoms with Crippen molar-refractivity contribution in [3.8, 4) is 0 Å². The molecular weight excluding hydrogens is 330 g/mol. The molecule has 1 heterocycles. The first-order valence-electron chi connectivity index (χ1n) is 9.71. The number of hydrogen-bond donors (Lipinski definition) is 1. The summed E-state index contributed by atoms with van der Waals surface area (Å²) in [5, 5.41) is 2.92. The maximum atomic E-state index is 12.0. The van der Waals surface area contributed by atoms with Crippen molar-refractivity contribution in [2.75, 3.05) is 70.6 Å². The van der Waals surface area contributed by atoms with Crippen LogP contribution in [0.4, 0.5) is 5.69 Å². The second-order valence-electron chi connectivity index (χ2n) is 6.43. The van der Waals surface area contributed by atoms with Gasteiger partial charge in [-0.25, -0.2) is 0 Å². The van der Waals surface area contributed by atoms with Crippen molar-refractivity contribution in [3.63, 3.8) is 0 Å². The number of amides is 1. The van der Waals surface area contributed by atoms with Gasteiger partial charge in [-0.1, -0.05) is 26.0 Å². The van der Waals surface area contributed by atoms with Gasteiger partial charge in [0.05, 0.1) is 32.8 Å². The number of nitrogens with zero attached hydrogens (tertiary/aromatic N) is 2. The van der Waals surface area contributed by atoms with E-state index in [9.17, 15) is 4.79 Å². The first-order valence-corrected chi connectivity index (χ1v) is 9.71. The highest BCUT2D eigenvalue weighted by Gasteiger charge is 2.11. The zero-order valence-electron chi connectivity index (χ0n) is 16.2. The Bertz CT molecular complexity index is 512. The number of likely N-dealkylation sites (N-methyl/N-ethyl adjacent to an activating group) is 1. The second-order valence-corrected chi connectivity index (χ2v) is 6.43. The Hall–Kier alpha value is -1.63. The molecule has 0 aromatic heterocycles. The molecule has 1 fully saturated rings. The van der Waals surface area contributed by atoms with E-state index in [2.05, 4.69) is 41.1 Å². The fourth-order valence-corrected chi connectivity index (χ4v) is 2.99. The Kier molecular flexibility index (Phi) is 9.45. The lowest BCUT2D eigenvalue weighted by molar-refractivity contribution is -0.120. The van der Waals surface area contributed by atoms with Crippen LogP contribution in [-0.4, -0.2) is 76.5 Å². The number of benzene rings is 1. The number of hydrogen-bond acceptors (Lipinski definition) is 5. The van der Waals surface area contributed by atoms with Gasteiger partial charge < -0.3 is 24.6 Å². The Morgan fingerprint density at radius 1 is 1.15 bits per heavy atom. The maximum Gasteiger partial charge on any atom is 0.224 e. The summed E-state index contributed by atoms with van der Waals surface area (Å²) in [5.41, 5.74) is 2.22. The van der Waals surface area contributed by atoms with E-state index in [1.807, 2.05) is 12.1 Å². The summed E-state index contributed by atoms with van der Waals surface area (Å²) < 4.78 is 11.0. The number of carbonyl (C=O) groups excluding carboxylic acids is 1. The molecule has 1 aliphatic heterocycles. The van der Waals surface area contributed by atoms with Crippen LogP contribution in [0, 0.1) is 0 Å². The normalized spacial score (nSPS) is 14.7. The van der Waals surface area contributed by atoms with E-state index in [-0.39, 0.29) is 5.91 Å². The van der Waals surface area contributed by atoms with Crippen LogP contribution < -0.4 is 10.2 Å². The number of nitrogens with one attached hydrogen (secondary N) is 1. The third-order valence-electron chi connectivity index (χ3n) is 4.69. The van der Waals surface area contributed by atoms with Crippen LogP contribution in [0.15, 0.2) is 24.3 Å². The Morgan fingerprint density at radius 3 is 2.50 bits per heavy atom. The molecule has 1 aliphatic rings. The molecular formula is C20H33N3O3. The van der Waals surface area contributed by atoms with Crippen molar-refractivity contribution in [1.29, 1.82) is 0 Å². The predicted molar refractivity (Wildman–Crippen MR) is 105 cm³/mol. The third-order valence-corrected chi connectivity index (χ3v) is 4.69. The minimum atomic E-state index is 0.0384. The molecule has 1 amide bonds. The molecule has 1 aromatic carbocycles. The van der Waals surface area contributed by atoms with Gasteiger partial charge in [-0.15, -0.1) is 0 Å². The molecule has 2 rings (SSSR count). The number of rotatable bonds is 11. The molecule has 1 aromatic rings. The highest BCUT2D eigenvalue weighted by Crippen LogP contribution is 2.16. The largest absolute Gasteiger partial charge is 0.378 e. The fourth-order valence-electron chi connectivity index (χ4n) is 2.99. The monoisotopic (exact) mass is 363 g/mol. The highest BCUT2D eigenvalue weighted by molar-refractivity contribution is 5.78. The number of carbonyl (C=O) groups is 1. The lowest BCUT2D eigenvalue weighted by Gasteiger charge is -2.28. The Morgan fingerprint density at radius 2 is 1.85 bits per heavy atom. The zero-order chi connectivity index (χ0) is 18.6. The first-order chi connectivity index (χ1) is 12.7. The summed E-state index contributed by atoms with van der Waals surface area (Å²) in [5.74, 6) is 0.0384. The first kappa shape index (κ1) is 20.7. The summed E-state index contributed by atoms with van der Waals surface area (Å²) in [7, 11) is 0. The molecule has 146 valence electrons. The van der Waals surface area contributed by atoms with Crippen LogP contribution in [0.5, 0.6) is 0 Å². The van der Waals surface area contributed by atoms with Crippen molar-refractivity contribution >= 4 is 11.6 Å². The molecule has 0 bridgehead atoms. The molecule has 0 radical (unpaired) electrons. The van der Waals surface area contributed by atoms with Gasteiger partial charge in [-0.3, -0.25) is 4.79 Å². The van der Waals surface area contributed by atoms with Gasteiger partial charge in [-0.05, 0) is 30.8 Å². The molecule has 0 spiro atoms. The number of morpholine rings is 1. The molecule has 6 nitrogen and oxygen atoms in total. The Balaban J connectivity index is 1.60. The van der Waals surface area contributed by atoms with Gasteiger partial charge in [0.15, 0.2) is 0 Å². The quantitative estimate of drug-likeness (QED) is 0.605. The number of anilines is 1. The Labute approximate surface area is 157 Å². The van der Waals surface area contributed by atoms with Crippen LogP contribution in [-0.2, 0) is 20.7 Å². The van der Waals surface area contributed by atoms with Gasteiger partial charge in [0, 0.05) is 31.9 Å². The zero-order valence-corrected chi connectivity index (χ0v) is 16.2. The van der Waals surface area contributed by atoms with Crippen molar-refractivity contribution in [2.45, 2.75) is 20.3 Å². The predicted octanol–water partition coefficient (Wildman–Crippen LogP) is 1.54. The van der Waals surface area contributed by atoms with Gasteiger partial charge >= 0.3 is 0 Å². The van der Waals surface area contributed by atoms with Crippen LogP contribution in [0.2, 0.25) is 0 Å². The van der Waals surface area contributed by atoms with Crippen LogP contribution in [0.25, 0.3) is 0 Å². The van der Waals surface area contributed by atoms with E-state index in [0.717, 1.165) is 51.5 Å². The summed E-state index contributed by atoms with van der Waals surface area (Å²) in [6.07, 6.45) is 0.406. The average Bonchev–Trinajstić information content (AvgIpc) is 2.69. The van der Waals surface area contributed by atoms with E-state index < -0.39 is 0 Å². The molecule has 0 aliphatic carbocycles. The lowest BCUT2D eigenvalue weighted by atomic mass is 10.1. The minimum absolute atomic E-state index is 0.0384. The van der Waals surface area contributed by atoms with Gasteiger partial charge in [0.2, 0.25) is 5.91 Å². The number of ether oxygens (including phenoxy) is 2. The summed E-state index contributed by atoms with van der Waals surface area (Å²) in [6, 6.07) is 8.24.